The van der Waals surface area contributed by atoms with E-state index in [1.54, 1.807) is 12.1 Å². The summed E-state index contributed by atoms with van der Waals surface area (Å²) < 4.78 is 15.0. The molecule has 6 nitrogen and oxygen atoms in total. The molecule has 0 saturated carbocycles. The molecule has 1 N–H and O–H groups in total. The van der Waals surface area contributed by atoms with Crippen LogP contribution in [0.2, 0.25) is 0 Å². The lowest BCUT2D eigenvalue weighted by Gasteiger charge is -2.17. The fourth-order valence-electron chi connectivity index (χ4n) is 3.37. The first kappa shape index (κ1) is 21.4. The van der Waals surface area contributed by atoms with Crippen molar-refractivity contribution in [3.63, 3.8) is 0 Å². The number of hydrogen-bond acceptors (Lipinski definition) is 4. The van der Waals surface area contributed by atoms with Gasteiger partial charge in [-0.15, -0.1) is 0 Å². The van der Waals surface area contributed by atoms with Crippen molar-refractivity contribution < 1.29 is 4.39 Å². The van der Waals surface area contributed by atoms with E-state index in [-0.39, 0.29) is 17.3 Å². The molecule has 2 aromatic rings. The van der Waals surface area contributed by atoms with Crippen molar-refractivity contribution in [1.29, 1.82) is 0 Å². The van der Waals surface area contributed by atoms with E-state index in [0.29, 0.717) is 12.1 Å². The molecular formula is C23H25FN4O2. The number of aromatic nitrogens is 4. The monoisotopic (exact) mass is 408 g/mol. The van der Waals surface area contributed by atoms with Gasteiger partial charge in [-0.2, -0.15) is 4.98 Å². The van der Waals surface area contributed by atoms with E-state index in [0.717, 1.165) is 35.0 Å². The Hall–Kier alpha value is -3.35. The highest BCUT2D eigenvalue weighted by molar-refractivity contribution is 5.81. The van der Waals surface area contributed by atoms with Gasteiger partial charge in [-0.3, -0.25) is 9.78 Å². The lowest BCUT2D eigenvalue weighted by Crippen LogP contribution is -2.29. The number of rotatable bonds is 4. The highest BCUT2D eigenvalue weighted by atomic mass is 19.1. The number of benzene rings is 2. The van der Waals surface area contributed by atoms with Gasteiger partial charge in [0.15, 0.2) is 11.5 Å². The second-order valence-electron chi connectivity index (χ2n) is 6.96. The molecule has 0 unspecified atom stereocenters. The molecule has 0 fully saturated rings. The summed E-state index contributed by atoms with van der Waals surface area (Å²) >= 11 is 0. The Morgan fingerprint density at radius 1 is 1.00 bits per heavy atom. The zero-order chi connectivity index (χ0) is 21.8. The highest BCUT2D eigenvalue weighted by Crippen LogP contribution is 2.24. The van der Waals surface area contributed by atoms with Crippen LogP contribution in [0.5, 0.6) is 0 Å². The predicted molar refractivity (Wildman–Crippen MR) is 117 cm³/mol. The Bertz CT molecular complexity index is 1260. The standard InChI is InChI=1S/C21H19FN4O2.C2H6/c1-12-10-16-17(11-13(12)2)26(9-3-4-14-5-7-15(22)8-6-14)19-18(23-16)20(27)25-21(28)24-19;1-2/h5-8,10-11H,3-4,9H2,1-2H3,(H,25,27,28);1-2H3. The minimum atomic E-state index is -0.685. The van der Waals surface area contributed by atoms with Gasteiger partial charge < -0.3 is 4.57 Å². The van der Waals surface area contributed by atoms with E-state index < -0.39 is 11.2 Å². The number of fused-ring (bicyclic) bond motifs is 2. The topological polar surface area (TPSA) is 80.6 Å². The van der Waals surface area contributed by atoms with Gasteiger partial charge in [0.05, 0.1) is 11.0 Å². The number of nitrogens with one attached hydrogen (secondary N) is 1. The summed E-state index contributed by atoms with van der Waals surface area (Å²) in [4.78, 5) is 34.7. The van der Waals surface area contributed by atoms with Crippen LogP contribution < -0.4 is 11.2 Å². The van der Waals surface area contributed by atoms with E-state index in [2.05, 4.69) is 15.0 Å². The Kier molecular flexibility index (Phi) is 6.40. The summed E-state index contributed by atoms with van der Waals surface area (Å²) in [5.74, 6) is 0.0186. The lowest BCUT2D eigenvalue weighted by molar-refractivity contribution is 0.624. The zero-order valence-electron chi connectivity index (χ0n) is 17.6. The van der Waals surface area contributed by atoms with Gasteiger partial charge in [0.25, 0.3) is 5.56 Å². The second-order valence-corrected chi connectivity index (χ2v) is 6.96. The molecule has 7 heteroatoms. The number of H-pyrrole nitrogens is 1. The molecule has 0 bridgehead atoms. The summed E-state index contributed by atoms with van der Waals surface area (Å²) in [5, 5.41) is 0. The Morgan fingerprint density at radius 3 is 2.37 bits per heavy atom. The second kappa shape index (κ2) is 8.98. The predicted octanol–water partition coefficient (Wildman–Crippen LogP) is 4.00. The number of aromatic amines is 1. The van der Waals surface area contributed by atoms with E-state index in [4.69, 9.17) is 0 Å². The maximum atomic E-state index is 13.1. The fraction of sp³-hybridized carbons (Fsp3) is 0.304. The minimum absolute atomic E-state index is 0.150. The third kappa shape index (κ3) is 4.30. The van der Waals surface area contributed by atoms with E-state index in [1.807, 2.05) is 44.4 Å². The molecule has 0 saturated heterocycles. The summed E-state index contributed by atoms with van der Waals surface area (Å²) in [6.07, 6.45) is 1.47. The van der Waals surface area contributed by atoms with Crippen LogP contribution in [-0.4, -0.2) is 19.5 Å². The smallest absolute Gasteiger partial charge is 0.322 e. The number of nitrogens with zero attached hydrogens (tertiary/aromatic N) is 3. The van der Waals surface area contributed by atoms with Crippen molar-refractivity contribution in [3.05, 3.63) is 79.7 Å². The average Bonchev–Trinajstić information content (AvgIpc) is 2.72. The van der Waals surface area contributed by atoms with Crippen LogP contribution in [0, 0.1) is 19.7 Å². The van der Waals surface area contributed by atoms with Gasteiger partial charge in [0.2, 0.25) is 0 Å². The number of aryl methyl sites for hydroxylation is 4. The molecule has 30 heavy (non-hydrogen) atoms. The van der Waals surface area contributed by atoms with Gasteiger partial charge in [-0.05, 0) is 67.6 Å². The summed E-state index contributed by atoms with van der Waals surface area (Å²) in [7, 11) is 0. The summed E-state index contributed by atoms with van der Waals surface area (Å²) in [6, 6.07) is 10.3. The van der Waals surface area contributed by atoms with Gasteiger partial charge in [0.1, 0.15) is 5.82 Å². The molecule has 2 heterocycles. The van der Waals surface area contributed by atoms with Crippen LogP contribution in [0.25, 0.3) is 22.6 Å². The first-order chi connectivity index (χ1) is 14.4. The maximum absolute atomic E-state index is 13.1. The van der Waals surface area contributed by atoms with Crippen molar-refractivity contribution in [1.82, 2.24) is 19.5 Å². The van der Waals surface area contributed by atoms with Crippen LogP contribution in [-0.2, 0) is 13.0 Å². The van der Waals surface area contributed by atoms with Gasteiger partial charge in [-0.25, -0.2) is 14.2 Å². The maximum Gasteiger partial charge on any atom is 0.349 e. The number of halogens is 1. The van der Waals surface area contributed by atoms with Crippen molar-refractivity contribution in [2.45, 2.75) is 47.1 Å². The van der Waals surface area contributed by atoms with Crippen LogP contribution in [0.1, 0.15) is 37.0 Å². The minimum Gasteiger partial charge on any atom is -0.322 e. The third-order valence-corrected chi connectivity index (χ3v) is 4.98. The molecule has 0 spiro atoms. The first-order valence-corrected chi connectivity index (χ1v) is 10.1. The van der Waals surface area contributed by atoms with Crippen LogP contribution in [0.3, 0.4) is 0 Å². The molecule has 0 amide bonds. The van der Waals surface area contributed by atoms with Gasteiger partial charge >= 0.3 is 5.69 Å². The molecule has 2 aliphatic rings. The molecule has 2 aliphatic heterocycles. The largest absolute Gasteiger partial charge is 0.349 e. The average molecular weight is 408 g/mol. The van der Waals surface area contributed by atoms with Gasteiger partial charge in [0, 0.05) is 6.54 Å². The van der Waals surface area contributed by atoms with E-state index in [9.17, 15) is 14.0 Å². The van der Waals surface area contributed by atoms with Crippen LogP contribution >= 0.6 is 0 Å². The van der Waals surface area contributed by atoms with E-state index >= 15 is 0 Å². The molecule has 2 aromatic carbocycles. The van der Waals surface area contributed by atoms with Crippen molar-refractivity contribution in [2.75, 3.05) is 0 Å². The molecule has 156 valence electrons. The molecule has 4 rings (SSSR count). The molecule has 0 aromatic heterocycles. The molecular weight excluding hydrogens is 383 g/mol. The first-order valence-electron chi connectivity index (χ1n) is 10.1. The normalized spacial score (nSPS) is 10.8. The van der Waals surface area contributed by atoms with Crippen molar-refractivity contribution in [3.8, 4) is 11.5 Å². The molecule has 0 aliphatic carbocycles. The molecule has 0 radical (unpaired) electrons. The van der Waals surface area contributed by atoms with Crippen molar-refractivity contribution in [2.24, 2.45) is 0 Å². The summed E-state index contributed by atoms with van der Waals surface area (Å²) in [5.41, 5.74) is 3.62. The van der Waals surface area contributed by atoms with Crippen molar-refractivity contribution >= 4 is 11.0 Å². The SMILES string of the molecule is CC.Cc1cc2nc3c(=O)[nH]c(=O)nc-3n(CCCc3ccc(F)cc3)c2cc1C. The Balaban J connectivity index is 0.00000124. The Morgan fingerprint density at radius 2 is 1.67 bits per heavy atom. The van der Waals surface area contributed by atoms with Crippen LogP contribution in [0.4, 0.5) is 4.39 Å². The van der Waals surface area contributed by atoms with Crippen LogP contribution in [0.15, 0.2) is 46.0 Å². The fourth-order valence-corrected chi connectivity index (χ4v) is 3.37. The lowest BCUT2D eigenvalue weighted by atomic mass is 10.1. The number of hydrogen-bond donors (Lipinski definition) is 1. The summed E-state index contributed by atoms with van der Waals surface area (Å²) in [6.45, 7) is 8.54. The van der Waals surface area contributed by atoms with Gasteiger partial charge in [-0.1, -0.05) is 26.0 Å². The zero-order valence-corrected chi connectivity index (χ0v) is 17.6. The quantitative estimate of drug-likeness (QED) is 0.518. The van der Waals surface area contributed by atoms with E-state index in [1.165, 1.54) is 12.1 Å². The molecule has 0 atom stereocenters. The Labute approximate surface area is 173 Å². The highest BCUT2D eigenvalue weighted by Gasteiger charge is 2.19. The third-order valence-electron chi connectivity index (χ3n) is 4.98.